The molecule has 1 aliphatic heterocycles. The first-order valence-electron chi connectivity index (χ1n) is 7.61. The summed E-state index contributed by atoms with van der Waals surface area (Å²) in [7, 11) is 0. The van der Waals surface area contributed by atoms with E-state index in [1.165, 1.54) is 16.8 Å². The molecule has 1 aliphatic rings. The van der Waals surface area contributed by atoms with Gasteiger partial charge in [-0.25, -0.2) is 4.79 Å². The largest absolute Gasteiger partial charge is 0.336 e. The zero-order valence-corrected chi connectivity index (χ0v) is 12.9. The number of nitrogens with zero attached hydrogens (tertiary/aromatic N) is 4. The Balaban J connectivity index is 1.70. The van der Waals surface area contributed by atoms with Crippen LogP contribution in [0.2, 0.25) is 0 Å². The number of amides is 1. The molecule has 0 aromatic carbocycles. The Hall–Kier alpha value is -2.64. The van der Waals surface area contributed by atoms with Crippen molar-refractivity contribution < 1.29 is 4.79 Å². The van der Waals surface area contributed by atoms with Gasteiger partial charge in [-0.3, -0.25) is 23.8 Å². The average Bonchev–Trinajstić information content (AvgIpc) is 3.11. The van der Waals surface area contributed by atoms with Gasteiger partial charge in [-0.15, -0.1) is 0 Å². The van der Waals surface area contributed by atoms with E-state index in [9.17, 15) is 14.4 Å². The molecule has 0 saturated carbocycles. The van der Waals surface area contributed by atoms with Gasteiger partial charge in [0.25, 0.3) is 5.56 Å². The highest BCUT2D eigenvalue weighted by Gasteiger charge is 2.29. The zero-order chi connectivity index (χ0) is 16.4. The summed E-state index contributed by atoms with van der Waals surface area (Å²) >= 11 is 0. The summed E-state index contributed by atoms with van der Waals surface area (Å²) in [6, 6.07) is 1.32. The van der Waals surface area contributed by atoms with Crippen molar-refractivity contribution in [1.82, 2.24) is 24.2 Å². The van der Waals surface area contributed by atoms with E-state index in [-0.39, 0.29) is 18.5 Å². The van der Waals surface area contributed by atoms with Gasteiger partial charge in [0.2, 0.25) is 5.91 Å². The number of hydrogen-bond acceptors (Lipinski definition) is 4. The van der Waals surface area contributed by atoms with Crippen molar-refractivity contribution >= 4 is 5.91 Å². The zero-order valence-electron chi connectivity index (χ0n) is 12.9. The molecule has 8 nitrogen and oxygen atoms in total. The molecule has 1 amide bonds. The molecular weight excluding hydrogens is 298 g/mol. The van der Waals surface area contributed by atoms with E-state index < -0.39 is 11.2 Å². The number of H-pyrrole nitrogens is 1. The quantitative estimate of drug-likeness (QED) is 0.840. The molecule has 0 aliphatic carbocycles. The second kappa shape index (κ2) is 6.23. The van der Waals surface area contributed by atoms with Crippen molar-refractivity contribution in [3.05, 3.63) is 51.1 Å². The summed E-state index contributed by atoms with van der Waals surface area (Å²) in [6.07, 6.45) is 6.96. The van der Waals surface area contributed by atoms with E-state index in [2.05, 4.69) is 10.1 Å². The number of aromatic nitrogens is 4. The number of hydrogen-bond donors (Lipinski definition) is 1. The number of nitrogens with one attached hydrogen (secondary N) is 1. The van der Waals surface area contributed by atoms with Crippen molar-refractivity contribution in [1.29, 1.82) is 0 Å². The van der Waals surface area contributed by atoms with Crippen LogP contribution in [0.5, 0.6) is 0 Å². The number of aromatic amines is 1. The summed E-state index contributed by atoms with van der Waals surface area (Å²) in [5, 5.41) is 4.26. The first-order valence-corrected chi connectivity index (χ1v) is 7.61. The van der Waals surface area contributed by atoms with Crippen LogP contribution in [0.15, 0.2) is 34.2 Å². The normalized spacial score (nSPS) is 17.6. The smallest absolute Gasteiger partial charge is 0.328 e. The maximum Gasteiger partial charge on any atom is 0.328 e. The maximum atomic E-state index is 12.5. The molecule has 3 heterocycles. The van der Waals surface area contributed by atoms with E-state index in [0.29, 0.717) is 13.1 Å². The third-order valence-corrected chi connectivity index (χ3v) is 4.06. The lowest BCUT2D eigenvalue weighted by atomic mass is 10.2. The van der Waals surface area contributed by atoms with Crippen LogP contribution in [0.3, 0.4) is 0 Å². The first-order chi connectivity index (χ1) is 11.0. The monoisotopic (exact) mass is 317 g/mol. The van der Waals surface area contributed by atoms with E-state index in [1.54, 1.807) is 11.1 Å². The number of aryl methyl sites for hydroxylation is 1. The van der Waals surface area contributed by atoms with Gasteiger partial charge in [-0.1, -0.05) is 0 Å². The summed E-state index contributed by atoms with van der Waals surface area (Å²) in [4.78, 5) is 39.2. The summed E-state index contributed by atoms with van der Waals surface area (Å²) in [6.45, 7) is 3.25. The molecule has 8 heteroatoms. The maximum absolute atomic E-state index is 12.5. The topological polar surface area (TPSA) is 93.0 Å². The number of likely N-dealkylation sites (tertiary alicyclic amines) is 1. The Morgan fingerprint density at radius 2 is 2.26 bits per heavy atom. The van der Waals surface area contributed by atoms with Crippen LogP contribution in [0.4, 0.5) is 0 Å². The molecule has 1 saturated heterocycles. The van der Waals surface area contributed by atoms with Crippen molar-refractivity contribution in [2.24, 2.45) is 0 Å². The second-order valence-electron chi connectivity index (χ2n) is 5.86. The molecule has 0 radical (unpaired) electrons. The molecule has 122 valence electrons. The minimum absolute atomic E-state index is 0.0652. The standard InChI is InChI=1S/C15H19N5O3/c1-11-7-16-19(8-11)9-12-3-2-5-20(12)14(22)10-18-6-4-13(21)17-15(18)23/h4,6-8,12H,2-3,5,9-10H2,1H3,(H,17,21,23)/t12-/m0/s1. The Kier molecular flexibility index (Phi) is 4.14. The molecule has 2 aromatic heterocycles. The highest BCUT2D eigenvalue weighted by Crippen LogP contribution is 2.19. The summed E-state index contributed by atoms with van der Waals surface area (Å²) in [5.74, 6) is -0.120. The van der Waals surface area contributed by atoms with Gasteiger partial charge in [0.1, 0.15) is 6.54 Å². The second-order valence-corrected chi connectivity index (χ2v) is 5.86. The van der Waals surface area contributed by atoms with Crippen LogP contribution in [-0.4, -0.2) is 42.7 Å². The van der Waals surface area contributed by atoms with Gasteiger partial charge < -0.3 is 4.90 Å². The Morgan fingerprint density at radius 3 is 2.96 bits per heavy atom. The Morgan fingerprint density at radius 1 is 1.43 bits per heavy atom. The minimum Gasteiger partial charge on any atom is -0.336 e. The highest BCUT2D eigenvalue weighted by molar-refractivity contribution is 5.76. The molecule has 3 rings (SSSR count). The van der Waals surface area contributed by atoms with E-state index in [0.717, 1.165) is 18.4 Å². The SMILES string of the molecule is Cc1cnn(C[C@@H]2CCCN2C(=O)Cn2ccc(=O)[nH]c2=O)c1. The molecule has 0 spiro atoms. The van der Waals surface area contributed by atoms with Crippen LogP contribution in [-0.2, 0) is 17.9 Å². The first kappa shape index (κ1) is 15.3. The number of rotatable bonds is 4. The third-order valence-electron chi connectivity index (χ3n) is 4.06. The van der Waals surface area contributed by atoms with Crippen molar-refractivity contribution in [2.75, 3.05) is 6.54 Å². The molecule has 23 heavy (non-hydrogen) atoms. The molecule has 0 bridgehead atoms. The molecular formula is C15H19N5O3. The van der Waals surface area contributed by atoms with Crippen molar-refractivity contribution in [3.8, 4) is 0 Å². The van der Waals surface area contributed by atoms with Gasteiger partial charge >= 0.3 is 5.69 Å². The third kappa shape index (κ3) is 3.41. The minimum atomic E-state index is -0.565. The van der Waals surface area contributed by atoms with Gasteiger partial charge in [0, 0.05) is 25.0 Å². The highest BCUT2D eigenvalue weighted by atomic mass is 16.2. The van der Waals surface area contributed by atoms with Gasteiger partial charge in [-0.2, -0.15) is 5.10 Å². The van der Waals surface area contributed by atoms with Crippen molar-refractivity contribution in [2.45, 2.75) is 38.9 Å². The Bertz CT molecular complexity index is 819. The van der Waals surface area contributed by atoms with Gasteiger partial charge in [0.05, 0.1) is 18.8 Å². The lowest BCUT2D eigenvalue weighted by Crippen LogP contribution is -2.42. The molecule has 0 unspecified atom stereocenters. The molecule has 1 atom stereocenters. The lowest BCUT2D eigenvalue weighted by Gasteiger charge is -2.25. The fraction of sp³-hybridized carbons (Fsp3) is 0.467. The van der Waals surface area contributed by atoms with Crippen molar-refractivity contribution in [3.63, 3.8) is 0 Å². The van der Waals surface area contributed by atoms with Crippen LogP contribution in [0.25, 0.3) is 0 Å². The number of carbonyl (C=O) groups is 1. The molecule has 1 fully saturated rings. The molecule has 2 aromatic rings. The summed E-state index contributed by atoms with van der Waals surface area (Å²) in [5.41, 5.74) is 0.0526. The van der Waals surface area contributed by atoms with Crippen LogP contribution >= 0.6 is 0 Å². The van der Waals surface area contributed by atoms with Crippen LogP contribution in [0.1, 0.15) is 18.4 Å². The fourth-order valence-corrected chi connectivity index (χ4v) is 2.94. The van der Waals surface area contributed by atoms with E-state index in [4.69, 9.17) is 0 Å². The Labute approximate surface area is 132 Å². The molecule has 1 N–H and O–H groups in total. The lowest BCUT2D eigenvalue weighted by molar-refractivity contribution is -0.133. The average molecular weight is 317 g/mol. The summed E-state index contributed by atoms with van der Waals surface area (Å²) < 4.78 is 3.06. The van der Waals surface area contributed by atoms with Gasteiger partial charge in [0.15, 0.2) is 0 Å². The van der Waals surface area contributed by atoms with Crippen LogP contribution in [0, 0.1) is 6.92 Å². The van der Waals surface area contributed by atoms with Crippen LogP contribution < -0.4 is 11.2 Å². The number of carbonyl (C=O) groups excluding carboxylic acids is 1. The predicted octanol–water partition coefficient (Wildman–Crippen LogP) is -0.267. The fourth-order valence-electron chi connectivity index (χ4n) is 2.94. The predicted molar refractivity (Wildman–Crippen MR) is 83.0 cm³/mol. The van der Waals surface area contributed by atoms with E-state index >= 15 is 0 Å². The van der Waals surface area contributed by atoms with Gasteiger partial charge in [-0.05, 0) is 25.3 Å². The van der Waals surface area contributed by atoms with E-state index in [1.807, 2.05) is 17.8 Å².